The van der Waals surface area contributed by atoms with Crippen LogP contribution in [0.15, 0.2) is 51.4 Å². The number of hydrogen-bond acceptors (Lipinski definition) is 4. The van der Waals surface area contributed by atoms with Crippen molar-refractivity contribution in [2.24, 2.45) is 0 Å². The molecule has 0 aromatic heterocycles. The Labute approximate surface area is 167 Å². The highest BCUT2D eigenvalue weighted by Gasteiger charge is 2.29. The Morgan fingerprint density at radius 1 is 1.15 bits per heavy atom. The largest absolute Gasteiger partial charge is 0.508 e. The average molecular weight is 487 g/mol. The summed E-state index contributed by atoms with van der Waals surface area (Å²) in [7, 11) is 1.38. The molecule has 0 bridgehead atoms. The highest BCUT2D eigenvalue weighted by molar-refractivity contribution is 9.11. The maximum Gasteiger partial charge on any atom is 0.410 e. The quantitative estimate of drug-likeness (QED) is 0.639. The van der Waals surface area contributed by atoms with E-state index >= 15 is 0 Å². The van der Waals surface area contributed by atoms with Crippen LogP contribution in [0.25, 0.3) is 0 Å². The molecule has 0 radical (unpaired) electrons. The number of carbonyl (C=O) groups excluding carboxylic acids is 1. The number of likely N-dealkylation sites (N-methyl/N-ethyl adjacent to an activating group) is 1. The van der Waals surface area contributed by atoms with Crippen LogP contribution in [0.2, 0.25) is 0 Å². The number of hydrogen-bond donors (Lipinski definition) is 2. The number of ether oxygens (including phenoxy) is 1. The fraction of sp³-hybridized carbons (Fsp3) is 0.222. The van der Waals surface area contributed by atoms with E-state index in [-0.39, 0.29) is 18.8 Å². The molecule has 2 rings (SSSR count). The van der Waals surface area contributed by atoms with Gasteiger partial charge < -0.3 is 14.9 Å². The lowest BCUT2D eigenvalue weighted by Gasteiger charge is -2.25. The first-order valence-electron chi connectivity index (χ1n) is 7.62. The van der Waals surface area contributed by atoms with Gasteiger partial charge in [-0.3, -0.25) is 4.90 Å². The molecule has 0 aliphatic carbocycles. The SMILES string of the molecule is CN(C(=O)OCc1ccccc1)C(Cc1c(Br)cc(O)cc1Br)C(=O)O. The molecule has 1 amide bonds. The lowest BCUT2D eigenvalue weighted by molar-refractivity contribution is -0.142. The molecule has 6 nitrogen and oxygen atoms in total. The molecule has 0 saturated heterocycles. The molecule has 8 heteroatoms. The summed E-state index contributed by atoms with van der Waals surface area (Å²) in [5.74, 6) is -1.12. The summed E-state index contributed by atoms with van der Waals surface area (Å²) in [6.07, 6.45) is -0.694. The predicted octanol–water partition coefficient (Wildman–Crippen LogP) is 4.18. The molecule has 138 valence electrons. The number of benzene rings is 2. The molecule has 0 spiro atoms. The predicted molar refractivity (Wildman–Crippen MR) is 103 cm³/mol. The first-order chi connectivity index (χ1) is 12.3. The number of aliphatic carboxylic acids is 1. The minimum atomic E-state index is -1.16. The summed E-state index contributed by atoms with van der Waals surface area (Å²) in [5.41, 5.74) is 1.43. The number of nitrogens with zero attached hydrogens (tertiary/aromatic N) is 1. The lowest BCUT2D eigenvalue weighted by atomic mass is 10.0. The van der Waals surface area contributed by atoms with Gasteiger partial charge >= 0.3 is 12.1 Å². The number of amides is 1. The van der Waals surface area contributed by atoms with Gasteiger partial charge in [0.25, 0.3) is 0 Å². The van der Waals surface area contributed by atoms with Gasteiger partial charge in [0.2, 0.25) is 0 Å². The van der Waals surface area contributed by atoms with Crippen LogP contribution in [0, 0.1) is 0 Å². The normalized spacial score (nSPS) is 11.7. The van der Waals surface area contributed by atoms with E-state index in [4.69, 9.17) is 4.74 Å². The van der Waals surface area contributed by atoms with E-state index in [1.54, 1.807) is 0 Å². The fourth-order valence-corrected chi connectivity index (χ4v) is 3.80. The third-order valence-corrected chi connectivity index (χ3v) is 5.18. The topological polar surface area (TPSA) is 87.1 Å². The molecule has 0 saturated carbocycles. The summed E-state index contributed by atoms with van der Waals surface area (Å²) >= 11 is 6.61. The van der Waals surface area contributed by atoms with Gasteiger partial charge in [0.1, 0.15) is 18.4 Å². The van der Waals surface area contributed by atoms with Crippen molar-refractivity contribution in [3.63, 3.8) is 0 Å². The Kier molecular flexibility index (Phi) is 7.05. The van der Waals surface area contributed by atoms with Crippen molar-refractivity contribution >= 4 is 43.9 Å². The van der Waals surface area contributed by atoms with E-state index in [9.17, 15) is 19.8 Å². The molecule has 0 aliphatic rings. The molecule has 1 unspecified atom stereocenters. The van der Waals surface area contributed by atoms with E-state index in [0.29, 0.717) is 14.5 Å². The summed E-state index contributed by atoms with van der Waals surface area (Å²) < 4.78 is 6.28. The first-order valence-corrected chi connectivity index (χ1v) is 9.21. The Hall–Kier alpha value is -2.06. The van der Waals surface area contributed by atoms with Crippen LogP contribution in [-0.4, -0.2) is 40.3 Å². The maximum atomic E-state index is 12.3. The Bertz CT molecular complexity index is 774. The highest BCUT2D eigenvalue weighted by atomic mass is 79.9. The second-order valence-electron chi connectivity index (χ2n) is 5.60. The van der Waals surface area contributed by atoms with E-state index in [1.165, 1.54) is 19.2 Å². The molecule has 0 aliphatic heterocycles. The van der Waals surface area contributed by atoms with Gasteiger partial charge in [0.15, 0.2) is 0 Å². The van der Waals surface area contributed by atoms with Crippen LogP contribution in [0.1, 0.15) is 11.1 Å². The third-order valence-electron chi connectivity index (χ3n) is 3.77. The average Bonchev–Trinajstić information content (AvgIpc) is 2.59. The van der Waals surface area contributed by atoms with Crippen molar-refractivity contribution in [2.45, 2.75) is 19.1 Å². The minimum absolute atomic E-state index is 0.0354. The van der Waals surface area contributed by atoms with Crippen molar-refractivity contribution in [1.29, 1.82) is 0 Å². The number of phenols is 1. The number of carboxylic acid groups (broad SMARTS) is 1. The molecular formula is C18H17Br2NO5. The molecule has 2 aromatic rings. The van der Waals surface area contributed by atoms with E-state index in [2.05, 4.69) is 31.9 Å². The summed E-state index contributed by atoms with van der Waals surface area (Å²) in [4.78, 5) is 25.0. The van der Waals surface area contributed by atoms with E-state index < -0.39 is 18.1 Å². The van der Waals surface area contributed by atoms with Gasteiger partial charge in [-0.15, -0.1) is 0 Å². The smallest absolute Gasteiger partial charge is 0.410 e. The molecular weight excluding hydrogens is 470 g/mol. The van der Waals surface area contributed by atoms with Gasteiger partial charge in [-0.25, -0.2) is 9.59 Å². The molecule has 2 aromatic carbocycles. The van der Waals surface area contributed by atoms with Crippen molar-refractivity contribution in [2.75, 3.05) is 7.05 Å². The summed E-state index contributed by atoms with van der Waals surface area (Å²) in [6.45, 7) is 0.0585. The van der Waals surface area contributed by atoms with Crippen LogP contribution < -0.4 is 0 Å². The van der Waals surface area contributed by atoms with Crippen molar-refractivity contribution < 1.29 is 24.5 Å². The molecule has 1 atom stereocenters. The minimum Gasteiger partial charge on any atom is -0.508 e. The van der Waals surface area contributed by atoms with Crippen LogP contribution >= 0.6 is 31.9 Å². The second-order valence-corrected chi connectivity index (χ2v) is 7.31. The monoisotopic (exact) mass is 485 g/mol. The van der Waals surface area contributed by atoms with Crippen molar-refractivity contribution in [3.05, 3.63) is 62.5 Å². The molecule has 0 fully saturated rings. The number of phenolic OH excluding ortho intramolecular Hbond substituents is 1. The zero-order valence-electron chi connectivity index (χ0n) is 13.9. The van der Waals surface area contributed by atoms with Crippen LogP contribution in [-0.2, 0) is 22.6 Å². The zero-order valence-corrected chi connectivity index (χ0v) is 17.0. The first kappa shape index (κ1) is 20.3. The number of halogens is 2. The lowest BCUT2D eigenvalue weighted by Crippen LogP contribution is -2.44. The Morgan fingerprint density at radius 3 is 2.27 bits per heavy atom. The highest BCUT2D eigenvalue weighted by Crippen LogP contribution is 2.31. The van der Waals surface area contributed by atoms with Crippen LogP contribution in [0.3, 0.4) is 0 Å². The van der Waals surface area contributed by atoms with Crippen LogP contribution in [0.4, 0.5) is 4.79 Å². The summed E-state index contributed by atoms with van der Waals surface area (Å²) in [6, 6.07) is 10.9. The Balaban J connectivity index is 2.11. The van der Waals surface area contributed by atoms with Gasteiger partial charge in [-0.05, 0) is 23.3 Å². The standard InChI is InChI=1S/C18H17Br2NO5/c1-21(18(25)26-10-11-5-3-2-4-6-11)16(17(23)24)9-13-14(19)7-12(22)8-15(13)20/h2-8,16,22H,9-10H2,1H3,(H,23,24). The third kappa shape index (κ3) is 5.22. The number of aromatic hydroxyl groups is 1. The van der Waals surface area contributed by atoms with E-state index in [1.807, 2.05) is 30.3 Å². The molecule has 26 heavy (non-hydrogen) atoms. The zero-order chi connectivity index (χ0) is 19.3. The molecule has 2 N–H and O–H groups in total. The number of carbonyl (C=O) groups is 2. The van der Waals surface area contributed by atoms with Gasteiger partial charge in [0, 0.05) is 22.4 Å². The van der Waals surface area contributed by atoms with Gasteiger partial charge in [-0.1, -0.05) is 62.2 Å². The maximum absolute atomic E-state index is 12.3. The van der Waals surface area contributed by atoms with Crippen molar-refractivity contribution in [1.82, 2.24) is 4.90 Å². The number of rotatable bonds is 6. The van der Waals surface area contributed by atoms with Gasteiger partial charge in [-0.2, -0.15) is 0 Å². The second kappa shape index (κ2) is 9.05. The Morgan fingerprint density at radius 2 is 1.73 bits per heavy atom. The number of carboxylic acids is 1. The van der Waals surface area contributed by atoms with Crippen LogP contribution in [0.5, 0.6) is 5.75 Å². The van der Waals surface area contributed by atoms with E-state index in [0.717, 1.165) is 10.5 Å². The summed E-state index contributed by atoms with van der Waals surface area (Å²) in [5, 5.41) is 19.1. The van der Waals surface area contributed by atoms with Crippen molar-refractivity contribution in [3.8, 4) is 5.75 Å². The van der Waals surface area contributed by atoms with Gasteiger partial charge in [0.05, 0.1) is 0 Å². The molecule has 0 heterocycles. The fourth-order valence-electron chi connectivity index (χ4n) is 2.32.